The lowest BCUT2D eigenvalue weighted by Crippen LogP contribution is -1.95. The van der Waals surface area contributed by atoms with Crippen LogP contribution in [0.1, 0.15) is 18.1 Å². The van der Waals surface area contributed by atoms with E-state index in [1.807, 2.05) is 18.4 Å². The van der Waals surface area contributed by atoms with E-state index in [0.29, 0.717) is 6.54 Å². The topological polar surface area (TPSA) is 38.7 Å². The molecule has 16 heavy (non-hydrogen) atoms. The second-order valence-corrected chi connectivity index (χ2v) is 4.09. The van der Waals surface area contributed by atoms with E-state index in [1.54, 1.807) is 25.0 Å². The van der Waals surface area contributed by atoms with Gasteiger partial charge in [-0.1, -0.05) is 6.92 Å². The van der Waals surface area contributed by atoms with Crippen LogP contribution in [0, 0.1) is 0 Å². The summed E-state index contributed by atoms with van der Waals surface area (Å²) in [5.41, 5.74) is 2.18. The normalized spacial score (nSPS) is 9.69. The molecule has 0 amide bonds. The molecule has 4 heteroatoms. The molecule has 1 aromatic carbocycles. The zero-order valence-electron chi connectivity index (χ0n) is 9.74. The molecule has 0 aliphatic heterocycles. The van der Waals surface area contributed by atoms with Crippen LogP contribution in [0.5, 0.6) is 5.75 Å². The smallest absolute Gasteiger partial charge is 0.235 e. The molecule has 0 aliphatic rings. The van der Waals surface area contributed by atoms with Crippen molar-refractivity contribution in [2.24, 2.45) is 4.99 Å². The Labute approximate surface area is 99.9 Å². The maximum atomic E-state index is 10.1. The van der Waals surface area contributed by atoms with Crippen LogP contribution in [0.15, 0.2) is 22.0 Å². The molecular formula is C12H15NO2S. The van der Waals surface area contributed by atoms with Crippen molar-refractivity contribution in [2.45, 2.75) is 24.8 Å². The first-order chi connectivity index (χ1) is 7.76. The van der Waals surface area contributed by atoms with E-state index in [-0.39, 0.29) is 0 Å². The lowest BCUT2D eigenvalue weighted by atomic mass is 10.1. The number of carbonyl (C=O) groups excluding carboxylic acids is 1. The number of aliphatic imine (C=N–C) groups is 1. The molecule has 0 radical (unpaired) electrons. The third-order valence-electron chi connectivity index (χ3n) is 2.38. The second-order valence-electron chi connectivity index (χ2n) is 3.24. The molecule has 0 bridgehead atoms. The number of rotatable bonds is 5. The average Bonchev–Trinajstić information content (AvgIpc) is 2.35. The highest BCUT2D eigenvalue weighted by atomic mass is 32.2. The van der Waals surface area contributed by atoms with Crippen LogP contribution in [0.3, 0.4) is 0 Å². The minimum absolute atomic E-state index is 0.324. The molecule has 1 rings (SSSR count). The van der Waals surface area contributed by atoms with Gasteiger partial charge in [-0.25, -0.2) is 9.79 Å². The van der Waals surface area contributed by atoms with Gasteiger partial charge in [0.2, 0.25) is 6.08 Å². The fraction of sp³-hybridized carbons (Fsp3) is 0.417. The minimum Gasteiger partial charge on any atom is -0.496 e. The zero-order chi connectivity index (χ0) is 12.0. The van der Waals surface area contributed by atoms with Crippen LogP contribution in [-0.4, -0.2) is 19.4 Å². The van der Waals surface area contributed by atoms with Crippen LogP contribution in [0.4, 0.5) is 0 Å². The number of hydrogen-bond donors (Lipinski definition) is 0. The van der Waals surface area contributed by atoms with Gasteiger partial charge in [0, 0.05) is 10.5 Å². The summed E-state index contributed by atoms with van der Waals surface area (Å²) < 4.78 is 5.29. The highest BCUT2D eigenvalue weighted by Crippen LogP contribution is 2.30. The quantitative estimate of drug-likeness (QED) is 0.449. The van der Waals surface area contributed by atoms with Crippen molar-refractivity contribution in [1.29, 1.82) is 0 Å². The van der Waals surface area contributed by atoms with Crippen LogP contribution >= 0.6 is 11.8 Å². The van der Waals surface area contributed by atoms with E-state index in [0.717, 1.165) is 17.7 Å². The van der Waals surface area contributed by atoms with Crippen LogP contribution < -0.4 is 4.74 Å². The standard InChI is InChI=1S/C12H15NO2S/c1-4-9-5-11(15-2)10(7-13-8-14)6-12(9)16-3/h5-6H,4,7H2,1-3H3. The molecule has 0 unspecified atom stereocenters. The monoisotopic (exact) mass is 237 g/mol. The number of ether oxygens (including phenoxy) is 1. The van der Waals surface area contributed by atoms with Crippen molar-refractivity contribution in [1.82, 2.24) is 0 Å². The van der Waals surface area contributed by atoms with Crippen molar-refractivity contribution >= 4 is 17.8 Å². The van der Waals surface area contributed by atoms with Gasteiger partial charge in [-0.2, -0.15) is 0 Å². The predicted molar refractivity (Wildman–Crippen MR) is 66.0 cm³/mol. The average molecular weight is 237 g/mol. The van der Waals surface area contributed by atoms with Crippen LogP contribution in [0.25, 0.3) is 0 Å². The first-order valence-electron chi connectivity index (χ1n) is 5.04. The van der Waals surface area contributed by atoms with Gasteiger partial charge in [0.25, 0.3) is 0 Å². The Morgan fingerprint density at radius 3 is 2.69 bits per heavy atom. The highest BCUT2D eigenvalue weighted by molar-refractivity contribution is 7.98. The first-order valence-corrected chi connectivity index (χ1v) is 6.26. The Bertz CT molecular complexity index is 412. The van der Waals surface area contributed by atoms with E-state index >= 15 is 0 Å². The lowest BCUT2D eigenvalue weighted by Gasteiger charge is -2.12. The van der Waals surface area contributed by atoms with Crippen molar-refractivity contribution in [3.63, 3.8) is 0 Å². The third kappa shape index (κ3) is 2.87. The van der Waals surface area contributed by atoms with Crippen LogP contribution in [-0.2, 0) is 17.8 Å². The summed E-state index contributed by atoms with van der Waals surface area (Å²) in [7, 11) is 1.63. The summed E-state index contributed by atoms with van der Waals surface area (Å²) in [5.74, 6) is 0.786. The third-order valence-corrected chi connectivity index (χ3v) is 3.20. The molecule has 86 valence electrons. The Morgan fingerprint density at radius 2 is 2.19 bits per heavy atom. The number of aryl methyl sites for hydroxylation is 1. The largest absolute Gasteiger partial charge is 0.496 e. The molecule has 0 saturated heterocycles. The molecule has 0 aromatic heterocycles. The van der Waals surface area contributed by atoms with Gasteiger partial charge in [-0.3, -0.25) is 0 Å². The van der Waals surface area contributed by atoms with Gasteiger partial charge in [-0.05, 0) is 30.4 Å². The summed E-state index contributed by atoms with van der Waals surface area (Å²) in [4.78, 5) is 14.9. The van der Waals surface area contributed by atoms with Crippen molar-refractivity contribution < 1.29 is 9.53 Å². The van der Waals surface area contributed by atoms with Gasteiger partial charge < -0.3 is 4.74 Å². The number of methoxy groups -OCH3 is 1. The van der Waals surface area contributed by atoms with Gasteiger partial charge in [-0.15, -0.1) is 11.8 Å². The first kappa shape index (κ1) is 12.8. The Balaban J connectivity index is 3.19. The van der Waals surface area contributed by atoms with Gasteiger partial charge in [0.15, 0.2) is 0 Å². The fourth-order valence-electron chi connectivity index (χ4n) is 1.54. The Kier molecular flexibility index (Phi) is 5.09. The molecular weight excluding hydrogens is 222 g/mol. The Morgan fingerprint density at radius 1 is 1.44 bits per heavy atom. The number of benzene rings is 1. The lowest BCUT2D eigenvalue weighted by molar-refractivity contribution is 0.409. The van der Waals surface area contributed by atoms with Crippen molar-refractivity contribution in [3.8, 4) is 5.75 Å². The summed E-state index contributed by atoms with van der Waals surface area (Å²) in [6.45, 7) is 2.43. The summed E-state index contributed by atoms with van der Waals surface area (Å²) in [5, 5.41) is 0. The predicted octanol–water partition coefficient (Wildman–Crippen LogP) is 2.82. The van der Waals surface area contributed by atoms with Gasteiger partial charge in [0.1, 0.15) is 5.75 Å². The summed E-state index contributed by atoms with van der Waals surface area (Å²) in [6.07, 6.45) is 4.54. The molecule has 0 atom stereocenters. The minimum atomic E-state index is 0.324. The van der Waals surface area contributed by atoms with Gasteiger partial charge >= 0.3 is 0 Å². The molecule has 3 nitrogen and oxygen atoms in total. The van der Waals surface area contributed by atoms with Gasteiger partial charge in [0.05, 0.1) is 13.7 Å². The van der Waals surface area contributed by atoms with E-state index < -0.39 is 0 Å². The van der Waals surface area contributed by atoms with E-state index in [4.69, 9.17) is 4.74 Å². The maximum Gasteiger partial charge on any atom is 0.235 e. The highest BCUT2D eigenvalue weighted by Gasteiger charge is 2.08. The maximum absolute atomic E-state index is 10.1. The molecule has 0 heterocycles. The molecule has 0 spiro atoms. The number of hydrogen-bond acceptors (Lipinski definition) is 4. The number of nitrogens with zero attached hydrogens (tertiary/aromatic N) is 1. The summed E-state index contributed by atoms with van der Waals surface area (Å²) in [6, 6.07) is 4.05. The number of thioether (sulfide) groups is 1. The summed E-state index contributed by atoms with van der Waals surface area (Å²) >= 11 is 1.69. The molecule has 0 fully saturated rings. The zero-order valence-corrected chi connectivity index (χ0v) is 10.6. The molecule has 0 N–H and O–H groups in total. The fourth-order valence-corrected chi connectivity index (χ4v) is 2.27. The Hall–Kier alpha value is -1.25. The molecule has 0 aliphatic carbocycles. The molecule has 1 aromatic rings. The second kappa shape index (κ2) is 6.36. The van der Waals surface area contributed by atoms with Crippen molar-refractivity contribution in [2.75, 3.05) is 13.4 Å². The van der Waals surface area contributed by atoms with E-state index in [9.17, 15) is 4.79 Å². The number of isocyanates is 1. The SMILES string of the molecule is CCc1cc(OC)c(CN=C=O)cc1SC. The van der Waals surface area contributed by atoms with Crippen LogP contribution in [0.2, 0.25) is 0 Å². The van der Waals surface area contributed by atoms with E-state index in [2.05, 4.69) is 11.9 Å². The van der Waals surface area contributed by atoms with E-state index in [1.165, 1.54) is 10.5 Å². The van der Waals surface area contributed by atoms with Crippen molar-refractivity contribution in [3.05, 3.63) is 23.3 Å². The molecule has 0 saturated carbocycles.